The number of benzene rings is 1. The molecule has 4 rings (SSSR count). The SMILES string of the molecule is C[C@@H]1CC(c2c(C=O)cc3c(N4C[C@H](CF)SC4=O)coc3c2F)C[C@@H](C)O1. The average molecular weight is 409 g/mol. The lowest BCUT2D eigenvalue weighted by molar-refractivity contribution is -0.0384. The van der Waals surface area contributed by atoms with Crippen molar-refractivity contribution >= 4 is 39.9 Å². The molecule has 0 saturated carbocycles. The Kier molecular flexibility index (Phi) is 5.18. The van der Waals surface area contributed by atoms with Crippen molar-refractivity contribution in [3.05, 3.63) is 29.3 Å². The number of thioether (sulfide) groups is 1. The Morgan fingerprint density at radius 3 is 2.64 bits per heavy atom. The van der Waals surface area contributed by atoms with Gasteiger partial charge in [-0.3, -0.25) is 14.5 Å². The molecule has 1 aromatic carbocycles. The van der Waals surface area contributed by atoms with E-state index in [0.29, 0.717) is 35.8 Å². The number of hydrogen-bond donors (Lipinski definition) is 0. The van der Waals surface area contributed by atoms with Crippen LogP contribution in [0.5, 0.6) is 0 Å². The van der Waals surface area contributed by atoms with Gasteiger partial charge >= 0.3 is 0 Å². The first-order chi connectivity index (χ1) is 13.4. The predicted octanol–water partition coefficient (Wildman–Crippen LogP) is 5.07. The summed E-state index contributed by atoms with van der Waals surface area (Å²) < 4.78 is 39.6. The molecule has 1 aromatic heterocycles. The number of anilines is 1. The molecule has 0 spiro atoms. The first-order valence-corrected chi connectivity index (χ1v) is 10.2. The lowest BCUT2D eigenvalue weighted by atomic mass is 9.83. The summed E-state index contributed by atoms with van der Waals surface area (Å²) in [6.45, 7) is 3.43. The Morgan fingerprint density at radius 1 is 1.32 bits per heavy atom. The molecule has 0 unspecified atom stereocenters. The Hall–Kier alpha value is -1.93. The van der Waals surface area contributed by atoms with E-state index in [4.69, 9.17) is 9.15 Å². The number of alkyl halides is 1. The zero-order valence-electron chi connectivity index (χ0n) is 15.6. The third-order valence-corrected chi connectivity index (χ3v) is 6.46. The fraction of sp³-hybridized carbons (Fsp3) is 0.500. The van der Waals surface area contributed by atoms with Crippen LogP contribution in [0.2, 0.25) is 0 Å². The maximum absolute atomic E-state index is 15.4. The van der Waals surface area contributed by atoms with E-state index in [0.717, 1.165) is 11.8 Å². The molecule has 150 valence electrons. The minimum absolute atomic E-state index is 0.0175. The largest absolute Gasteiger partial charge is 0.459 e. The van der Waals surface area contributed by atoms with E-state index in [1.54, 1.807) is 6.07 Å². The van der Waals surface area contributed by atoms with Crippen LogP contribution in [0.3, 0.4) is 0 Å². The van der Waals surface area contributed by atoms with Gasteiger partial charge in [-0.15, -0.1) is 0 Å². The van der Waals surface area contributed by atoms with Gasteiger partial charge in [0.2, 0.25) is 0 Å². The van der Waals surface area contributed by atoms with Crippen molar-refractivity contribution in [3.63, 3.8) is 0 Å². The summed E-state index contributed by atoms with van der Waals surface area (Å²) in [7, 11) is 0. The van der Waals surface area contributed by atoms with Gasteiger partial charge in [0.25, 0.3) is 5.24 Å². The van der Waals surface area contributed by atoms with E-state index in [-0.39, 0.29) is 41.1 Å². The maximum atomic E-state index is 15.4. The standard InChI is InChI=1S/C20H21F2NO4S/c1-10-3-12(4-11(2)27-10)17-13(8-24)5-15-16(9-26-19(15)18(17)22)23-7-14(6-21)28-20(23)25/h5,8-12,14H,3-4,6-7H2,1-2H3/t10-,11-,14+/m1/s1. The van der Waals surface area contributed by atoms with Crippen LogP contribution in [-0.4, -0.2) is 42.2 Å². The first kappa shape index (κ1) is 19.4. The second-order valence-electron chi connectivity index (χ2n) is 7.51. The number of carbonyl (C=O) groups is 2. The summed E-state index contributed by atoms with van der Waals surface area (Å²) >= 11 is 0.914. The fourth-order valence-electron chi connectivity index (χ4n) is 4.31. The number of carbonyl (C=O) groups excluding carboxylic acids is 2. The number of halogens is 2. The zero-order chi connectivity index (χ0) is 20.0. The Balaban J connectivity index is 1.79. The normalized spacial score (nSPS) is 28.3. The van der Waals surface area contributed by atoms with Gasteiger partial charge in [0.15, 0.2) is 11.4 Å². The van der Waals surface area contributed by atoms with Crippen LogP contribution in [0.15, 0.2) is 16.7 Å². The number of furan rings is 1. The summed E-state index contributed by atoms with van der Waals surface area (Å²) in [5.74, 6) is -0.727. The highest BCUT2D eigenvalue weighted by Crippen LogP contribution is 2.42. The van der Waals surface area contributed by atoms with Crippen LogP contribution in [-0.2, 0) is 4.74 Å². The topological polar surface area (TPSA) is 59.8 Å². The molecular formula is C20H21F2NO4S. The molecule has 2 aliphatic heterocycles. The highest BCUT2D eigenvalue weighted by molar-refractivity contribution is 8.14. The van der Waals surface area contributed by atoms with Gasteiger partial charge in [0, 0.05) is 23.1 Å². The van der Waals surface area contributed by atoms with Gasteiger partial charge in [-0.2, -0.15) is 0 Å². The molecule has 3 atom stereocenters. The molecule has 0 bridgehead atoms. The molecule has 0 radical (unpaired) electrons. The lowest BCUT2D eigenvalue weighted by Crippen LogP contribution is -2.29. The van der Waals surface area contributed by atoms with Gasteiger partial charge in [-0.05, 0) is 38.7 Å². The van der Waals surface area contributed by atoms with E-state index in [2.05, 4.69) is 0 Å². The fourth-order valence-corrected chi connectivity index (χ4v) is 5.18. The second-order valence-corrected chi connectivity index (χ2v) is 8.76. The van der Waals surface area contributed by atoms with Gasteiger partial charge in [-0.25, -0.2) is 8.78 Å². The Morgan fingerprint density at radius 2 is 2.04 bits per heavy atom. The van der Waals surface area contributed by atoms with E-state index in [9.17, 15) is 14.0 Å². The smallest absolute Gasteiger partial charge is 0.286 e. The average Bonchev–Trinajstić information content (AvgIpc) is 3.23. The summed E-state index contributed by atoms with van der Waals surface area (Å²) in [4.78, 5) is 25.4. The monoisotopic (exact) mass is 409 g/mol. The van der Waals surface area contributed by atoms with Crippen molar-refractivity contribution in [1.82, 2.24) is 0 Å². The molecule has 0 N–H and O–H groups in total. The van der Waals surface area contributed by atoms with Crippen molar-refractivity contribution in [2.24, 2.45) is 0 Å². The third kappa shape index (κ3) is 3.22. The van der Waals surface area contributed by atoms with Crippen molar-refractivity contribution in [3.8, 4) is 0 Å². The summed E-state index contributed by atoms with van der Waals surface area (Å²) in [6, 6.07) is 1.57. The van der Waals surface area contributed by atoms with E-state index in [1.807, 2.05) is 13.8 Å². The summed E-state index contributed by atoms with van der Waals surface area (Å²) in [6.07, 6.45) is 3.10. The third-order valence-electron chi connectivity index (χ3n) is 5.43. The van der Waals surface area contributed by atoms with Gasteiger partial charge in [0.1, 0.15) is 19.2 Å². The van der Waals surface area contributed by atoms with Crippen molar-refractivity contribution in [2.75, 3.05) is 18.1 Å². The van der Waals surface area contributed by atoms with Crippen molar-refractivity contribution < 1.29 is 27.5 Å². The molecule has 3 heterocycles. The van der Waals surface area contributed by atoms with Crippen molar-refractivity contribution in [2.45, 2.75) is 50.1 Å². The summed E-state index contributed by atoms with van der Waals surface area (Å²) in [5, 5.41) is -0.420. The Labute approximate surface area is 165 Å². The molecule has 2 aromatic rings. The number of rotatable bonds is 4. The van der Waals surface area contributed by atoms with E-state index >= 15 is 4.39 Å². The predicted molar refractivity (Wildman–Crippen MR) is 104 cm³/mol. The molecule has 2 fully saturated rings. The number of nitrogens with zero attached hydrogens (tertiary/aromatic N) is 1. The van der Waals surface area contributed by atoms with Crippen LogP contribution < -0.4 is 4.90 Å². The van der Waals surface area contributed by atoms with Gasteiger partial charge < -0.3 is 9.15 Å². The molecule has 0 aliphatic carbocycles. The van der Waals surface area contributed by atoms with E-state index < -0.39 is 17.7 Å². The zero-order valence-corrected chi connectivity index (χ0v) is 16.4. The lowest BCUT2D eigenvalue weighted by Gasteiger charge is -2.33. The molecule has 28 heavy (non-hydrogen) atoms. The summed E-state index contributed by atoms with van der Waals surface area (Å²) in [5.41, 5.74) is 0.976. The van der Waals surface area contributed by atoms with Crippen LogP contribution in [0.1, 0.15) is 48.5 Å². The molecule has 2 saturated heterocycles. The minimum Gasteiger partial charge on any atom is -0.459 e. The quantitative estimate of drug-likeness (QED) is 0.660. The minimum atomic E-state index is -0.624. The van der Waals surface area contributed by atoms with Gasteiger partial charge in [0.05, 0.1) is 23.1 Å². The molecule has 5 nitrogen and oxygen atoms in total. The number of aldehydes is 1. The molecule has 2 aliphatic rings. The maximum Gasteiger partial charge on any atom is 0.286 e. The highest BCUT2D eigenvalue weighted by Gasteiger charge is 2.35. The first-order valence-electron chi connectivity index (χ1n) is 9.31. The highest BCUT2D eigenvalue weighted by atomic mass is 32.2. The molecule has 1 amide bonds. The van der Waals surface area contributed by atoms with Crippen LogP contribution in [0.25, 0.3) is 11.0 Å². The molecular weight excluding hydrogens is 388 g/mol. The molecule has 8 heteroatoms. The number of hydrogen-bond acceptors (Lipinski definition) is 5. The van der Waals surface area contributed by atoms with Crippen LogP contribution >= 0.6 is 11.8 Å². The van der Waals surface area contributed by atoms with Crippen LogP contribution in [0.4, 0.5) is 19.3 Å². The number of ether oxygens (including phenoxy) is 1. The van der Waals surface area contributed by atoms with Gasteiger partial charge in [-0.1, -0.05) is 11.8 Å². The number of fused-ring (bicyclic) bond motifs is 1. The van der Waals surface area contributed by atoms with Crippen molar-refractivity contribution in [1.29, 1.82) is 0 Å². The van der Waals surface area contributed by atoms with Crippen LogP contribution in [0, 0.1) is 5.82 Å². The second kappa shape index (κ2) is 7.48. The number of amides is 1. The van der Waals surface area contributed by atoms with E-state index in [1.165, 1.54) is 11.2 Å². The Bertz CT molecular complexity index is 921.